The van der Waals surface area contributed by atoms with Gasteiger partial charge in [0.1, 0.15) is 13.2 Å². The van der Waals surface area contributed by atoms with Crippen molar-refractivity contribution in [1.82, 2.24) is 0 Å². The number of unbranched alkanes of at least 4 members (excludes halogenated alkanes) is 30. The molecule has 0 radical (unpaired) electrons. The van der Waals surface area contributed by atoms with Crippen LogP contribution < -0.4 is 0 Å². The maximum atomic E-state index is 12.9. The van der Waals surface area contributed by atoms with Crippen molar-refractivity contribution in [3.05, 3.63) is 97.2 Å². The van der Waals surface area contributed by atoms with Crippen LogP contribution in [0.15, 0.2) is 97.2 Å². The molecule has 6 heteroatoms. The number of carbonyl (C=O) groups excluding carboxylic acids is 3. The number of carbonyl (C=O) groups is 3. The largest absolute Gasteiger partial charge is 0.462 e. The zero-order valence-electron chi connectivity index (χ0n) is 49.3. The maximum Gasteiger partial charge on any atom is 0.306 e. The number of rotatable bonds is 57. The van der Waals surface area contributed by atoms with Gasteiger partial charge in [0.05, 0.1) is 0 Å². The molecule has 0 amide bonds. The second-order valence-electron chi connectivity index (χ2n) is 20.9. The fourth-order valence-corrected chi connectivity index (χ4v) is 8.79. The lowest BCUT2D eigenvalue weighted by Gasteiger charge is -2.18. The van der Waals surface area contributed by atoms with Crippen molar-refractivity contribution in [2.45, 2.75) is 309 Å². The highest BCUT2D eigenvalue weighted by Gasteiger charge is 2.19. The smallest absolute Gasteiger partial charge is 0.306 e. The Hall–Kier alpha value is -3.67. The van der Waals surface area contributed by atoms with E-state index in [-0.39, 0.29) is 31.1 Å². The van der Waals surface area contributed by atoms with Gasteiger partial charge in [-0.05, 0) is 122 Å². The third-order valence-corrected chi connectivity index (χ3v) is 13.5. The van der Waals surface area contributed by atoms with Crippen molar-refractivity contribution >= 4 is 17.9 Å². The van der Waals surface area contributed by atoms with Gasteiger partial charge in [0.2, 0.25) is 0 Å². The van der Waals surface area contributed by atoms with Gasteiger partial charge in [-0.25, -0.2) is 0 Å². The molecular formula is C69H118O6. The second kappa shape index (κ2) is 62.9. The van der Waals surface area contributed by atoms with E-state index in [0.29, 0.717) is 19.3 Å². The number of ether oxygens (including phenoxy) is 3. The molecule has 1 unspecified atom stereocenters. The maximum absolute atomic E-state index is 12.9. The molecule has 0 aromatic heterocycles. The molecule has 1 atom stereocenters. The Kier molecular flexibility index (Phi) is 59.8. The Morgan fingerprint density at radius 3 is 0.853 bits per heavy atom. The average Bonchev–Trinajstić information content (AvgIpc) is 3.41. The van der Waals surface area contributed by atoms with Gasteiger partial charge in [0.25, 0.3) is 0 Å². The molecule has 6 nitrogen and oxygen atoms in total. The number of allylic oxidation sites excluding steroid dienone is 16. The molecule has 0 aromatic rings. The van der Waals surface area contributed by atoms with E-state index in [0.717, 1.165) is 116 Å². The molecule has 0 saturated carbocycles. The Morgan fingerprint density at radius 2 is 0.520 bits per heavy atom. The molecule has 0 aliphatic heterocycles. The van der Waals surface area contributed by atoms with Crippen molar-refractivity contribution in [3.63, 3.8) is 0 Å². The quantitative estimate of drug-likeness (QED) is 0.0261. The highest BCUT2D eigenvalue weighted by molar-refractivity contribution is 5.71. The zero-order valence-corrected chi connectivity index (χ0v) is 49.3. The van der Waals surface area contributed by atoms with Crippen LogP contribution in [0, 0.1) is 0 Å². The first-order valence-corrected chi connectivity index (χ1v) is 31.7. The average molecular weight is 1040 g/mol. The SMILES string of the molecule is CC/C=C\C/C=C\C/C=C\C/C=C\CCCCCCCCCCC(=O)OCC(COC(=O)CCCCCCCCC/C=C\CCCCCCCC)OC(=O)CCCCCCCC/C=C\C/C=C\C/C=C\CCCCC. The number of esters is 3. The fourth-order valence-electron chi connectivity index (χ4n) is 8.79. The molecular weight excluding hydrogens is 925 g/mol. The van der Waals surface area contributed by atoms with Crippen molar-refractivity contribution in [3.8, 4) is 0 Å². The molecule has 0 heterocycles. The molecule has 0 rings (SSSR count). The summed E-state index contributed by atoms with van der Waals surface area (Å²) >= 11 is 0. The Balaban J connectivity index is 4.43. The van der Waals surface area contributed by atoms with Crippen LogP contribution in [0.2, 0.25) is 0 Å². The van der Waals surface area contributed by atoms with Gasteiger partial charge in [0.15, 0.2) is 6.10 Å². The van der Waals surface area contributed by atoms with Crippen LogP contribution in [0.1, 0.15) is 303 Å². The Labute approximate surface area is 464 Å². The summed E-state index contributed by atoms with van der Waals surface area (Å²) in [7, 11) is 0. The van der Waals surface area contributed by atoms with E-state index in [9.17, 15) is 14.4 Å². The van der Waals surface area contributed by atoms with Gasteiger partial charge in [-0.3, -0.25) is 14.4 Å². The number of hydrogen-bond acceptors (Lipinski definition) is 6. The minimum Gasteiger partial charge on any atom is -0.462 e. The summed E-state index contributed by atoms with van der Waals surface area (Å²) < 4.78 is 16.9. The Morgan fingerprint density at radius 1 is 0.280 bits per heavy atom. The first-order chi connectivity index (χ1) is 37.0. The van der Waals surface area contributed by atoms with Gasteiger partial charge in [-0.15, -0.1) is 0 Å². The van der Waals surface area contributed by atoms with Crippen molar-refractivity contribution in [2.24, 2.45) is 0 Å². The lowest BCUT2D eigenvalue weighted by atomic mass is 10.1. The van der Waals surface area contributed by atoms with E-state index in [1.807, 2.05) is 0 Å². The highest BCUT2D eigenvalue weighted by atomic mass is 16.6. The summed E-state index contributed by atoms with van der Waals surface area (Å²) in [5.41, 5.74) is 0. The van der Waals surface area contributed by atoms with E-state index in [2.05, 4.69) is 118 Å². The third-order valence-electron chi connectivity index (χ3n) is 13.5. The predicted molar refractivity (Wildman–Crippen MR) is 325 cm³/mol. The summed E-state index contributed by atoms with van der Waals surface area (Å²) in [4.78, 5) is 38.3. The van der Waals surface area contributed by atoms with Crippen LogP contribution in [-0.4, -0.2) is 37.2 Å². The summed E-state index contributed by atoms with van der Waals surface area (Å²) in [5, 5.41) is 0. The summed E-state index contributed by atoms with van der Waals surface area (Å²) in [6, 6.07) is 0. The van der Waals surface area contributed by atoms with Crippen LogP contribution in [0.25, 0.3) is 0 Å². The predicted octanol–water partition coefficient (Wildman–Crippen LogP) is 21.7. The second-order valence-corrected chi connectivity index (χ2v) is 20.9. The lowest BCUT2D eigenvalue weighted by molar-refractivity contribution is -0.167. The first kappa shape index (κ1) is 71.3. The van der Waals surface area contributed by atoms with Crippen LogP contribution in [0.4, 0.5) is 0 Å². The molecule has 430 valence electrons. The topological polar surface area (TPSA) is 78.9 Å². The normalized spacial score (nSPS) is 12.7. The number of hydrogen-bond donors (Lipinski definition) is 0. The summed E-state index contributed by atoms with van der Waals surface area (Å²) in [5.74, 6) is -0.903. The van der Waals surface area contributed by atoms with Crippen LogP contribution in [-0.2, 0) is 28.6 Å². The minimum atomic E-state index is -0.792. The van der Waals surface area contributed by atoms with Crippen molar-refractivity contribution in [1.29, 1.82) is 0 Å². The van der Waals surface area contributed by atoms with Gasteiger partial charge >= 0.3 is 17.9 Å². The van der Waals surface area contributed by atoms with E-state index in [4.69, 9.17) is 14.2 Å². The van der Waals surface area contributed by atoms with Gasteiger partial charge in [0, 0.05) is 19.3 Å². The van der Waals surface area contributed by atoms with Gasteiger partial charge in [-0.2, -0.15) is 0 Å². The monoisotopic (exact) mass is 1040 g/mol. The summed E-state index contributed by atoms with van der Waals surface area (Å²) in [6.07, 6.45) is 84.0. The van der Waals surface area contributed by atoms with Crippen LogP contribution in [0.5, 0.6) is 0 Å². The lowest BCUT2D eigenvalue weighted by Crippen LogP contribution is -2.30. The van der Waals surface area contributed by atoms with E-state index < -0.39 is 6.10 Å². The minimum absolute atomic E-state index is 0.0873. The highest BCUT2D eigenvalue weighted by Crippen LogP contribution is 2.15. The molecule has 0 aliphatic rings. The van der Waals surface area contributed by atoms with E-state index in [1.165, 1.54) is 148 Å². The molecule has 0 spiro atoms. The van der Waals surface area contributed by atoms with Gasteiger partial charge in [-0.1, -0.05) is 259 Å². The molecule has 0 bridgehead atoms. The van der Waals surface area contributed by atoms with Crippen LogP contribution >= 0.6 is 0 Å². The van der Waals surface area contributed by atoms with Crippen molar-refractivity contribution in [2.75, 3.05) is 13.2 Å². The molecule has 0 aliphatic carbocycles. The molecule has 75 heavy (non-hydrogen) atoms. The fraction of sp³-hybridized carbons (Fsp3) is 0.725. The van der Waals surface area contributed by atoms with E-state index >= 15 is 0 Å². The Bertz CT molecular complexity index is 1480. The molecule has 0 aromatic carbocycles. The summed E-state index contributed by atoms with van der Waals surface area (Å²) in [6.45, 7) is 6.50. The van der Waals surface area contributed by atoms with E-state index in [1.54, 1.807) is 0 Å². The third kappa shape index (κ3) is 61.1. The molecule has 0 fully saturated rings. The zero-order chi connectivity index (χ0) is 54.3. The standard InChI is InChI=1S/C69H118O6/c1-4-7-10-13-16-19-22-25-28-31-33-34-36-38-41-44-47-50-53-56-59-62-68(71)74-65-66(64-73-67(70)61-58-55-52-49-46-43-40-37-30-27-24-21-18-15-12-9-6-3)75-69(72)63-60-57-54-51-48-45-42-39-35-32-29-26-23-20-17-14-11-8-5-2/h7,10,16-17,19-20,25-30,33-35,39,66H,4-6,8-9,11-15,18,21-24,31-32,36-38,40-65H2,1-3H3/b10-7-,19-16-,20-17-,28-25-,29-26-,30-27-,34-33-,39-35-. The van der Waals surface area contributed by atoms with Crippen molar-refractivity contribution < 1.29 is 28.6 Å². The van der Waals surface area contributed by atoms with Crippen LogP contribution in [0.3, 0.4) is 0 Å². The molecule has 0 saturated heterocycles. The molecule has 0 N–H and O–H groups in total. The van der Waals surface area contributed by atoms with Gasteiger partial charge < -0.3 is 14.2 Å². The first-order valence-electron chi connectivity index (χ1n) is 31.7.